The number of hydrogen-bond acceptors (Lipinski definition) is 3. The molecule has 0 radical (unpaired) electrons. The van der Waals surface area contributed by atoms with Crippen LogP contribution in [0.1, 0.15) is 26.2 Å². The molecule has 1 atom stereocenters. The predicted molar refractivity (Wildman–Crippen MR) is 54.2 cm³/mol. The van der Waals surface area contributed by atoms with Crippen molar-refractivity contribution in [3.05, 3.63) is 0 Å². The van der Waals surface area contributed by atoms with E-state index in [2.05, 4.69) is 5.43 Å². The van der Waals surface area contributed by atoms with Crippen LogP contribution in [0.4, 0.5) is 13.2 Å². The van der Waals surface area contributed by atoms with E-state index in [0.29, 0.717) is 13.0 Å². The lowest BCUT2D eigenvalue weighted by Crippen LogP contribution is -2.54. The Morgan fingerprint density at radius 3 is 2.07 bits per heavy atom. The Balaban J connectivity index is 3.99. The van der Waals surface area contributed by atoms with Crippen molar-refractivity contribution in [2.24, 2.45) is 5.73 Å². The first-order valence-electron chi connectivity index (χ1n) is 4.90. The Hall–Kier alpha value is -0.330. The molecule has 0 aliphatic rings. The van der Waals surface area contributed by atoms with Gasteiger partial charge in [-0.1, -0.05) is 0 Å². The van der Waals surface area contributed by atoms with Crippen molar-refractivity contribution in [2.75, 3.05) is 20.6 Å². The van der Waals surface area contributed by atoms with Crippen LogP contribution in [0.15, 0.2) is 0 Å². The van der Waals surface area contributed by atoms with Crippen molar-refractivity contribution in [3.8, 4) is 0 Å². The van der Waals surface area contributed by atoms with Crippen molar-refractivity contribution < 1.29 is 13.2 Å². The molecule has 92 valence electrons. The number of alkyl halides is 3. The van der Waals surface area contributed by atoms with Gasteiger partial charge >= 0.3 is 6.18 Å². The molecule has 0 saturated heterocycles. The summed E-state index contributed by atoms with van der Waals surface area (Å²) in [5.74, 6) is 0. The standard InChI is InChI=1S/C9H20F3N3/c1-8(7-13,14-15(2)3)5-4-6-9(10,11)12/h14H,4-7,13H2,1-3H3. The lowest BCUT2D eigenvalue weighted by Gasteiger charge is -2.33. The fourth-order valence-corrected chi connectivity index (χ4v) is 1.42. The molecule has 1 unspecified atom stereocenters. The van der Waals surface area contributed by atoms with Crippen molar-refractivity contribution >= 4 is 0 Å². The summed E-state index contributed by atoms with van der Waals surface area (Å²) < 4.78 is 35.8. The largest absolute Gasteiger partial charge is 0.389 e. The fourth-order valence-electron chi connectivity index (χ4n) is 1.42. The molecule has 0 aromatic carbocycles. The lowest BCUT2D eigenvalue weighted by molar-refractivity contribution is -0.136. The summed E-state index contributed by atoms with van der Waals surface area (Å²) in [5, 5.41) is 1.71. The maximum Gasteiger partial charge on any atom is 0.389 e. The van der Waals surface area contributed by atoms with Gasteiger partial charge in [-0.25, -0.2) is 5.43 Å². The quantitative estimate of drug-likeness (QED) is 0.676. The minimum Gasteiger partial charge on any atom is -0.329 e. The predicted octanol–water partition coefficient (Wildman–Crippen LogP) is 1.50. The van der Waals surface area contributed by atoms with Crippen LogP contribution in [-0.4, -0.2) is 37.4 Å². The van der Waals surface area contributed by atoms with Gasteiger partial charge in [0.15, 0.2) is 0 Å². The molecule has 0 bridgehead atoms. The minimum absolute atomic E-state index is 0.0953. The molecule has 3 nitrogen and oxygen atoms in total. The molecule has 0 spiro atoms. The van der Waals surface area contributed by atoms with Gasteiger partial charge in [0, 0.05) is 32.6 Å². The summed E-state index contributed by atoms with van der Waals surface area (Å²) in [5.41, 5.74) is 8.10. The smallest absolute Gasteiger partial charge is 0.329 e. The molecule has 0 saturated carbocycles. The highest BCUT2D eigenvalue weighted by Gasteiger charge is 2.29. The summed E-state index contributed by atoms with van der Waals surface area (Å²) in [6.45, 7) is 2.13. The van der Waals surface area contributed by atoms with Crippen LogP contribution in [0.25, 0.3) is 0 Å². The number of hydrogen-bond donors (Lipinski definition) is 2. The van der Waals surface area contributed by atoms with E-state index in [-0.39, 0.29) is 6.42 Å². The second-order valence-corrected chi connectivity index (χ2v) is 4.24. The highest BCUT2D eigenvalue weighted by molar-refractivity contribution is 4.82. The van der Waals surface area contributed by atoms with E-state index >= 15 is 0 Å². The summed E-state index contributed by atoms with van der Waals surface area (Å²) >= 11 is 0. The van der Waals surface area contributed by atoms with Crippen LogP contribution in [0.5, 0.6) is 0 Å². The van der Waals surface area contributed by atoms with Crippen LogP contribution in [0.3, 0.4) is 0 Å². The third kappa shape index (κ3) is 7.58. The Morgan fingerprint density at radius 2 is 1.73 bits per heavy atom. The molecule has 0 aromatic rings. The number of nitrogens with one attached hydrogen (secondary N) is 1. The molecule has 0 amide bonds. The number of halogens is 3. The molecule has 0 rings (SSSR count). The zero-order chi connectivity index (χ0) is 12.1. The van der Waals surface area contributed by atoms with Crippen LogP contribution in [0, 0.1) is 0 Å². The number of hydrazine groups is 1. The van der Waals surface area contributed by atoms with Crippen LogP contribution in [0.2, 0.25) is 0 Å². The van der Waals surface area contributed by atoms with Crippen molar-refractivity contribution in [1.29, 1.82) is 0 Å². The molecule has 0 fully saturated rings. The fraction of sp³-hybridized carbons (Fsp3) is 1.00. The van der Waals surface area contributed by atoms with Gasteiger partial charge in [-0.05, 0) is 19.8 Å². The van der Waals surface area contributed by atoms with E-state index in [4.69, 9.17) is 5.73 Å². The second-order valence-electron chi connectivity index (χ2n) is 4.24. The van der Waals surface area contributed by atoms with Gasteiger partial charge in [0.05, 0.1) is 0 Å². The lowest BCUT2D eigenvalue weighted by atomic mass is 9.96. The first-order chi connectivity index (χ1) is 6.68. The Bertz CT molecular complexity index is 182. The van der Waals surface area contributed by atoms with Gasteiger partial charge in [-0.15, -0.1) is 0 Å². The molecule has 15 heavy (non-hydrogen) atoms. The Kier molecular flexibility index (Phi) is 5.55. The molecule has 3 N–H and O–H groups in total. The summed E-state index contributed by atoms with van der Waals surface area (Å²) in [4.78, 5) is 0. The van der Waals surface area contributed by atoms with E-state index in [1.54, 1.807) is 19.1 Å². The zero-order valence-electron chi connectivity index (χ0n) is 9.49. The van der Waals surface area contributed by atoms with Crippen molar-refractivity contribution in [2.45, 2.75) is 37.9 Å². The van der Waals surface area contributed by atoms with Crippen molar-refractivity contribution in [3.63, 3.8) is 0 Å². The topological polar surface area (TPSA) is 41.3 Å². The summed E-state index contributed by atoms with van der Waals surface area (Å²) in [7, 11) is 3.58. The molecular weight excluding hydrogens is 207 g/mol. The third-order valence-corrected chi connectivity index (χ3v) is 2.13. The molecule has 0 aliphatic carbocycles. The minimum atomic E-state index is -4.08. The molecule has 6 heteroatoms. The molecular formula is C9H20F3N3. The first kappa shape index (κ1) is 14.7. The highest BCUT2D eigenvalue weighted by atomic mass is 19.4. The molecule has 0 aliphatic heterocycles. The Labute approximate surface area is 88.8 Å². The SMILES string of the molecule is CN(C)NC(C)(CN)CCCC(F)(F)F. The maximum absolute atomic E-state index is 11.9. The maximum atomic E-state index is 11.9. The van der Waals surface area contributed by atoms with Crippen LogP contribution < -0.4 is 11.2 Å². The van der Waals surface area contributed by atoms with E-state index in [9.17, 15) is 13.2 Å². The van der Waals surface area contributed by atoms with Crippen molar-refractivity contribution in [1.82, 2.24) is 10.4 Å². The van der Waals surface area contributed by atoms with Crippen LogP contribution in [-0.2, 0) is 0 Å². The average Bonchev–Trinajstić information content (AvgIpc) is 2.00. The van der Waals surface area contributed by atoms with E-state index in [1.807, 2.05) is 6.92 Å². The third-order valence-electron chi connectivity index (χ3n) is 2.13. The first-order valence-corrected chi connectivity index (χ1v) is 4.90. The number of nitrogens with two attached hydrogens (primary N) is 1. The van der Waals surface area contributed by atoms with E-state index < -0.39 is 18.1 Å². The molecule has 0 aromatic heterocycles. The van der Waals surface area contributed by atoms with Gasteiger partial charge in [0.25, 0.3) is 0 Å². The Morgan fingerprint density at radius 1 is 1.20 bits per heavy atom. The number of rotatable bonds is 6. The average molecular weight is 227 g/mol. The molecule has 0 heterocycles. The second kappa shape index (κ2) is 5.67. The summed E-state index contributed by atoms with van der Waals surface area (Å²) in [6, 6.07) is 0. The van der Waals surface area contributed by atoms with Gasteiger partial charge in [0.2, 0.25) is 0 Å². The highest BCUT2D eigenvalue weighted by Crippen LogP contribution is 2.24. The van der Waals surface area contributed by atoms with Gasteiger partial charge in [-0.3, -0.25) is 5.01 Å². The normalized spacial score (nSPS) is 16.8. The van der Waals surface area contributed by atoms with E-state index in [1.165, 1.54) is 0 Å². The van der Waals surface area contributed by atoms with E-state index in [0.717, 1.165) is 0 Å². The monoisotopic (exact) mass is 227 g/mol. The zero-order valence-corrected chi connectivity index (χ0v) is 9.49. The van der Waals surface area contributed by atoms with Crippen LogP contribution >= 0.6 is 0 Å². The number of nitrogens with zero attached hydrogens (tertiary/aromatic N) is 1. The summed E-state index contributed by atoms with van der Waals surface area (Å²) in [6.07, 6.45) is -4.33. The van der Waals surface area contributed by atoms with Gasteiger partial charge in [-0.2, -0.15) is 13.2 Å². The van der Waals surface area contributed by atoms with Gasteiger partial charge < -0.3 is 5.73 Å². The van der Waals surface area contributed by atoms with Gasteiger partial charge in [0.1, 0.15) is 0 Å².